The summed E-state index contributed by atoms with van der Waals surface area (Å²) >= 11 is 0. The van der Waals surface area contributed by atoms with E-state index in [-0.39, 0.29) is 18.4 Å². The first-order valence-corrected chi connectivity index (χ1v) is 4.72. The Balaban J connectivity index is 2.21. The van der Waals surface area contributed by atoms with E-state index in [1.807, 2.05) is 0 Å². The van der Waals surface area contributed by atoms with Gasteiger partial charge < -0.3 is 15.4 Å². The fourth-order valence-corrected chi connectivity index (χ4v) is 1.03. The molecule has 0 spiro atoms. The minimum absolute atomic E-state index is 0.0128. The first kappa shape index (κ1) is 11.0. The van der Waals surface area contributed by atoms with Crippen molar-refractivity contribution in [2.24, 2.45) is 0 Å². The maximum atomic E-state index is 11.4. The number of methoxy groups -OCH3 is 1. The Bertz CT molecular complexity index is 226. The van der Waals surface area contributed by atoms with Crippen LogP contribution in [0.1, 0.15) is 19.8 Å². The standard InChI is InChI=1S/C9H16N2O3/c1-6(10-8(12)5-14-2)9(13)11-7-3-4-7/h6-7H,3-5H2,1-2H3,(H,10,12)(H,11,13). The van der Waals surface area contributed by atoms with E-state index in [0.717, 1.165) is 12.8 Å². The van der Waals surface area contributed by atoms with Crippen molar-refractivity contribution in [3.8, 4) is 0 Å². The van der Waals surface area contributed by atoms with Gasteiger partial charge in [0.05, 0.1) is 0 Å². The quantitative estimate of drug-likeness (QED) is 0.623. The SMILES string of the molecule is COCC(=O)NC(C)C(=O)NC1CC1. The van der Waals surface area contributed by atoms with Gasteiger partial charge in [0.2, 0.25) is 11.8 Å². The molecule has 1 unspecified atom stereocenters. The number of carbonyl (C=O) groups excluding carboxylic acids is 2. The molecule has 14 heavy (non-hydrogen) atoms. The third kappa shape index (κ3) is 3.74. The molecule has 1 aliphatic carbocycles. The van der Waals surface area contributed by atoms with Gasteiger partial charge in [-0.15, -0.1) is 0 Å². The molecular formula is C9H16N2O3. The van der Waals surface area contributed by atoms with Crippen molar-refractivity contribution in [3.63, 3.8) is 0 Å². The molecule has 0 heterocycles. The highest BCUT2D eigenvalue weighted by Gasteiger charge is 2.25. The Kier molecular flexibility index (Phi) is 3.88. The molecule has 2 N–H and O–H groups in total. The van der Waals surface area contributed by atoms with Gasteiger partial charge in [0.1, 0.15) is 12.6 Å². The van der Waals surface area contributed by atoms with Crippen LogP contribution in [-0.2, 0) is 14.3 Å². The minimum atomic E-state index is -0.488. The summed E-state index contributed by atoms with van der Waals surface area (Å²) in [4.78, 5) is 22.4. The summed E-state index contributed by atoms with van der Waals surface area (Å²) in [5.41, 5.74) is 0. The average molecular weight is 200 g/mol. The maximum absolute atomic E-state index is 11.4. The number of rotatable bonds is 5. The van der Waals surface area contributed by atoms with E-state index in [0.29, 0.717) is 6.04 Å². The smallest absolute Gasteiger partial charge is 0.246 e. The lowest BCUT2D eigenvalue weighted by Gasteiger charge is -2.13. The van der Waals surface area contributed by atoms with Crippen LogP contribution >= 0.6 is 0 Å². The Morgan fingerprint density at radius 3 is 2.64 bits per heavy atom. The van der Waals surface area contributed by atoms with Gasteiger partial charge in [-0.1, -0.05) is 0 Å². The highest BCUT2D eigenvalue weighted by atomic mass is 16.5. The molecule has 0 aromatic rings. The van der Waals surface area contributed by atoms with Crippen LogP contribution in [0.15, 0.2) is 0 Å². The minimum Gasteiger partial charge on any atom is -0.375 e. The second kappa shape index (κ2) is 4.95. The molecule has 1 aliphatic rings. The largest absolute Gasteiger partial charge is 0.375 e. The molecule has 0 radical (unpaired) electrons. The van der Waals surface area contributed by atoms with Gasteiger partial charge >= 0.3 is 0 Å². The fourth-order valence-electron chi connectivity index (χ4n) is 1.03. The predicted molar refractivity (Wildman–Crippen MR) is 50.6 cm³/mol. The molecule has 1 fully saturated rings. The summed E-state index contributed by atoms with van der Waals surface area (Å²) in [6.45, 7) is 1.65. The van der Waals surface area contributed by atoms with Gasteiger partial charge in [0.25, 0.3) is 0 Å². The van der Waals surface area contributed by atoms with Gasteiger partial charge in [-0.3, -0.25) is 9.59 Å². The Morgan fingerprint density at radius 2 is 2.14 bits per heavy atom. The first-order chi connectivity index (χ1) is 6.63. The van der Waals surface area contributed by atoms with Crippen LogP contribution in [0, 0.1) is 0 Å². The topological polar surface area (TPSA) is 67.4 Å². The van der Waals surface area contributed by atoms with E-state index < -0.39 is 6.04 Å². The fraction of sp³-hybridized carbons (Fsp3) is 0.778. The highest BCUT2D eigenvalue weighted by molar-refractivity contribution is 5.87. The zero-order valence-corrected chi connectivity index (χ0v) is 8.50. The van der Waals surface area contributed by atoms with E-state index in [1.165, 1.54) is 7.11 Å². The van der Waals surface area contributed by atoms with Gasteiger partial charge in [0, 0.05) is 13.2 Å². The number of amides is 2. The molecule has 1 rings (SSSR count). The third-order valence-electron chi connectivity index (χ3n) is 1.97. The molecule has 5 heteroatoms. The highest BCUT2D eigenvalue weighted by Crippen LogP contribution is 2.18. The normalized spacial score (nSPS) is 17.3. The van der Waals surface area contributed by atoms with Crippen molar-refractivity contribution in [3.05, 3.63) is 0 Å². The number of ether oxygens (including phenoxy) is 1. The van der Waals surface area contributed by atoms with E-state index in [9.17, 15) is 9.59 Å². The van der Waals surface area contributed by atoms with E-state index >= 15 is 0 Å². The summed E-state index contributed by atoms with van der Waals surface area (Å²) in [6.07, 6.45) is 2.09. The predicted octanol–water partition coefficient (Wildman–Crippen LogP) is -0.584. The van der Waals surface area contributed by atoms with Crippen molar-refractivity contribution in [1.29, 1.82) is 0 Å². The van der Waals surface area contributed by atoms with Crippen molar-refractivity contribution in [1.82, 2.24) is 10.6 Å². The summed E-state index contributed by atoms with van der Waals surface area (Å²) in [5, 5.41) is 5.34. The number of hydrogen-bond acceptors (Lipinski definition) is 3. The lowest BCUT2D eigenvalue weighted by atomic mass is 10.3. The van der Waals surface area contributed by atoms with Crippen LogP contribution in [0.3, 0.4) is 0 Å². The molecule has 0 aromatic heterocycles. The molecular weight excluding hydrogens is 184 g/mol. The summed E-state index contributed by atoms with van der Waals surface area (Å²) < 4.78 is 4.63. The molecule has 0 saturated heterocycles. The molecule has 5 nitrogen and oxygen atoms in total. The second-order valence-electron chi connectivity index (χ2n) is 3.51. The van der Waals surface area contributed by atoms with Gasteiger partial charge in [-0.05, 0) is 19.8 Å². The molecule has 0 aromatic carbocycles. The summed E-state index contributed by atoms with van der Waals surface area (Å²) in [7, 11) is 1.44. The van der Waals surface area contributed by atoms with Gasteiger partial charge in [-0.25, -0.2) is 0 Å². The van der Waals surface area contributed by atoms with Crippen LogP contribution < -0.4 is 10.6 Å². The zero-order chi connectivity index (χ0) is 10.6. The first-order valence-electron chi connectivity index (χ1n) is 4.72. The van der Waals surface area contributed by atoms with E-state index in [4.69, 9.17) is 0 Å². The van der Waals surface area contributed by atoms with Crippen LogP contribution in [0.5, 0.6) is 0 Å². The molecule has 2 amide bonds. The summed E-state index contributed by atoms with van der Waals surface area (Å²) in [6, 6.07) is -0.164. The van der Waals surface area contributed by atoms with Crippen molar-refractivity contribution in [2.75, 3.05) is 13.7 Å². The number of carbonyl (C=O) groups is 2. The Hall–Kier alpha value is -1.10. The molecule has 80 valence electrons. The lowest BCUT2D eigenvalue weighted by Crippen LogP contribution is -2.46. The second-order valence-corrected chi connectivity index (χ2v) is 3.51. The van der Waals surface area contributed by atoms with E-state index in [1.54, 1.807) is 6.92 Å². The number of nitrogens with one attached hydrogen (secondary N) is 2. The molecule has 0 bridgehead atoms. The van der Waals surface area contributed by atoms with Crippen molar-refractivity contribution in [2.45, 2.75) is 31.8 Å². The Morgan fingerprint density at radius 1 is 1.50 bits per heavy atom. The van der Waals surface area contributed by atoms with Gasteiger partial charge in [0.15, 0.2) is 0 Å². The third-order valence-corrected chi connectivity index (χ3v) is 1.97. The van der Waals surface area contributed by atoms with Crippen LogP contribution in [0.25, 0.3) is 0 Å². The number of hydrogen-bond donors (Lipinski definition) is 2. The van der Waals surface area contributed by atoms with Crippen LogP contribution in [0.2, 0.25) is 0 Å². The molecule has 1 atom stereocenters. The zero-order valence-electron chi connectivity index (χ0n) is 8.50. The van der Waals surface area contributed by atoms with Gasteiger partial charge in [-0.2, -0.15) is 0 Å². The monoisotopic (exact) mass is 200 g/mol. The van der Waals surface area contributed by atoms with Crippen LogP contribution in [0.4, 0.5) is 0 Å². The Labute approximate surface area is 83.2 Å². The van der Waals surface area contributed by atoms with Crippen molar-refractivity contribution < 1.29 is 14.3 Å². The van der Waals surface area contributed by atoms with E-state index in [2.05, 4.69) is 15.4 Å². The maximum Gasteiger partial charge on any atom is 0.246 e. The molecule has 0 aliphatic heterocycles. The van der Waals surface area contributed by atoms with Crippen LogP contribution in [-0.4, -0.2) is 37.6 Å². The molecule has 1 saturated carbocycles. The van der Waals surface area contributed by atoms with Crippen molar-refractivity contribution >= 4 is 11.8 Å². The summed E-state index contributed by atoms with van der Waals surface area (Å²) in [5.74, 6) is -0.400. The lowest BCUT2D eigenvalue weighted by molar-refractivity contribution is -0.130. The average Bonchev–Trinajstić information content (AvgIpc) is 2.88.